The maximum Gasteiger partial charge on any atom is 0.255 e. The average Bonchev–Trinajstić information content (AvgIpc) is 3.08. The predicted molar refractivity (Wildman–Crippen MR) is 93.9 cm³/mol. The number of ether oxygens (including phenoxy) is 2. The molecule has 3 rings (SSSR count). The van der Waals surface area contributed by atoms with Crippen molar-refractivity contribution < 1.29 is 14.3 Å². The summed E-state index contributed by atoms with van der Waals surface area (Å²) in [7, 11) is 3.06. The molecule has 0 spiro atoms. The van der Waals surface area contributed by atoms with Crippen LogP contribution in [0.5, 0.6) is 11.5 Å². The van der Waals surface area contributed by atoms with Crippen molar-refractivity contribution >= 4 is 23.2 Å². The number of nitrogens with zero attached hydrogens (tertiary/aromatic N) is 3. The molecule has 1 amide bonds. The molecular formula is C17H15ClN4O3. The Morgan fingerprint density at radius 3 is 2.52 bits per heavy atom. The van der Waals surface area contributed by atoms with Crippen molar-refractivity contribution in [1.82, 2.24) is 14.8 Å². The van der Waals surface area contributed by atoms with Crippen molar-refractivity contribution in [3.8, 4) is 17.3 Å². The molecule has 2 heterocycles. The van der Waals surface area contributed by atoms with Crippen molar-refractivity contribution in [2.45, 2.75) is 0 Å². The monoisotopic (exact) mass is 358 g/mol. The summed E-state index contributed by atoms with van der Waals surface area (Å²) >= 11 is 5.84. The highest BCUT2D eigenvalue weighted by atomic mass is 35.5. The summed E-state index contributed by atoms with van der Waals surface area (Å²) in [6.07, 6.45) is 4.71. The number of hydrogen-bond acceptors (Lipinski definition) is 5. The lowest BCUT2D eigenvalue weighted by Gasteiger charge is -2.10. The molecule has 7 nitrogen and oxygen atoms in total. The highest BCUT2D eigenvalue weighted by Crippen LogP contribution is 2.27. The van der Waals surface area contributed by atoms with Crippen LogP contribution >= 0.6 is 11.6 Å². The lowest BCUT2D eigenvalue weighted by molar-refractivity contribution is 0.102. The van der Waals surface area contributed by atoms with Crippen LogP contribution in [0.3, 0.4) is 0 Å². The Morgan fingerprint density at radius 2 is 1.92 bits per heavy atom. The third-order valence-electron chi connectivity index (χ3n) is 3.44. The predicted octanol–water partition coefficient (Wildman–Crippen LogP) is 3.19. The molecule has 8 heteroatoms. The molecule has 3 aromatic rings. The topological polar surface area (TPSA) is 78.3 Å². The maximum absolute atomic E-state index is 12.4. The fourth-order valence-electron chi connectivity index (χ4n) is 2.20. The summed E-state index contributed by atoms with van der Waals surface area (Å²) in [4.78, 5) is 16.6. The van der Waals surface area contributed by atoms with Crippen molar-refractivity contribution in [2.24, 2.45) is 0 Å². The van der Waals surface area contributed by atoms with Crippen LogP contribution in [0.15, 0.2) is 48.9 Å². The van der Waals surface area contributed by atoms with Gasteiger partial charge in [0.05, 0.1) is 43.5 Å². The Kier molecular flexibility index (Phi) is 4.85. The summed E-state index contributed by atoms with van der Waals surface area (Å²) in [6, 6.07) is 8.41. The van der Waals surface area contributed by atoms with E-state index in [9.17, 15) is 4.79 Å². The Hall–Kier alpha value is -3.06. The van der Waals surface area contributed by atoms with E-state index in [1.807, 2.05) is 0 Å². The quantitative estimate of drug-likeness (QED) is 0.757. The minimum Gasteiger partial charge on any atom is -0.493 e. The van der Waals surface area contributed by atoms with Gasteiger partial charge < -0.3 is 14.8 Å². The first-order valence-corrected chi connectivity index (χ1v) is 7.68. The SMILES string of the molecule is COc1ccc(C(=O)Nc2ccc(-n3cc(Cl)cn3)nc2)cc1OC. The Balaban J connectivity index is 1.74. The fraction of sp³-hybridized carbons (Fsp3) is 0.118. The molecule has 0 bridgehead atoms. The molecule has 0 radical (unpaired) electrons. The highest BCUT2D eigenvalue weighted by Gasteiger charge is 2.11. The van der Waals surface area contributed by atoms with Crippen LogP contribution in [0.2, 0.25) is 5.02 Å². The Morgan fingerprint density at radius 1 is 1.12 bits per heavy atom. The number of pyridine rings is 1. The molecule has 128 valence electrons. The summed E-state index contributed by atoms with van der Waals surface area (Å²) in [5, 5.41) is 7.37. The Bertz CT molecular complexity index is 893. The van der Waals surface area contributed by atoms with Gasteiger partial charge in [-0.1, -0.05) is 11.6 Å². The molecule has 0 saturated heterocycles. The van der Waals surface area contributed by atoms with Crippen molar-refractivity contribution in [2.75, 3.05) is 19.5 Å². The van der Waals surface area contributed by atoms with Gasteiger partial charge in [0.25, 0.3) is 5.91 Å². The van der Waals surface area contributed by atoms with Crippen LogP contribution in [-0.2, 0) is 0 Å². The number of carbonyl (C=O) groups is 1. The lowest BCUT2D eigenvalue weighted by atomic mass is 10.2. The van der Waals surface area contributed by atoms with Crippen molar-refractivity contribution in [3.05, 3.63) is 59.5 Å². The van der Waals surface area contributed by atoms with Gasteiger partial charge in [0, 0.05) is 5.56 Å². The molecule has 0 aliphatic rings. The third-order valence-corrected chi connectivity index (χ3v) is 3.63. The van der Waals surface area contributed by atoms with Gasteiger partial charge in [-0.05, 0) is 30.3 Å². The highest BCUT2D eigenvalue weighted by molar-refractivity contribution is 6.30. The van der Waals surface area contributed by atoms with E-state index in [-0.39, 0.29) is 5.91 Å². The Labute approximate surface area is 149 Å². The molecule has 0 saturated carbocycles. The first-order chi connectivity index (χ1) is 12.1. The molecular weight excluding hydrogens is 344 g/mol. The molecule has 1 aromatic carbocycles. The molecule has 0 aliphatic heterocycles. The summed E-state index contributed by atoms with van der Waals surface area (Å²) < 4.78 is 11.9. The van der Waals surface area contributed by atoms with E-state index in [1.165, 1.54) is 20.4 Å². The second-order valence-corrected chi connectivity index (χ2v) is 5.47. The van der Waals surface area contributed by atoms with Crippen molar-refractivity contribution in [3.63, 3.8) is 0 Å². The average molecular weight is 359 g/mol. The van der Waals surface area contributed by atoms with E-state index in [4.69, 9.17) is 21.1 Å². The van der Waals surface area contributed by atoms with Gasteiger partial charge in [0.15, 0.2) is 17.3 Å². The maximum atomic E-state index is 12.4. The molecule has 0 atom stereocenters. The van der Waals surface area contributed by atoms with Crippen molar-refractivity contribution in [1.29, 1.82) is 0 Å². The number of rotatable bonds is 5. The van der Waals surface area contributed by atoms with E-state index < -0.39 is 0 Å². The van der Waals surface area contributed by atoms with Crippen LogP contribution in [0, 0.1) is 0 Å². The smallest absolute Gasteiger partial charge is 0.255 e. The van der Waals surface area contributed by atoms with Gasteiger partial charge in [-0.25, -0.2) is 9.67 Å². The first kappa shape index (κ1) is 16.8. The van der Waals surface area contributed by atoms with Gasteiger partial charge in [0.2, 0.25) is 0 Å². The number of methoxy groups -OCH3 is 2. The second kappa shape index (κ2) is 7.23. The molecule has 0 aliphatic carbocycles. The van der Waals surface area contributed by atoms with E-state index >= 15 is 0 Å². The van der Waals surface area contributed by atoms with Crippen LogP contribution in [0.25, 0.3) is 5.82 Å². The summed E-state index contributed by atoms with van der Waals surface area (Å²) in [5.41, 5.74) is 1.00. The number of benzene rings is 1. The zero-order valence-corrected chi connectivity index (χ0v) is 14.3. The number of anilines is 1. The van der Waals surface area contributed by atoms with Gasteiger partial charge in [0.1, 0.15) is 0 Å². The number of nitrogens with one attached hydrogen (secondary N) is 1. The molecule has 1 N–H and O–H groups in total. The van der Waals surface area contributed by atoms with E-state index in [2.05, 4.69) is 15.4 Å². The minimum absolute atomic E-state index is 0.280. The number of amides is 1. The zero-order valence-electron chi connectivity index (χ0n) is 13.6. The third kappa shape index (κ3) is 3.72. The number of hydrogen-bond donors (Lipinski definition) is 1. The van der Waals surface area contributed by atoms with E-state index in [0.717, 1.165) is 0 Å². The van der Waals surface area contributed by atoms with Gasteiger partial charge in [-0.3, -0.25) is 4.79 Å². The zero-order chi connectivity index (χ0) is 17.8. The number of carbonyl (C=O) groups excluding carboxylic acids is 1. The molecule has 2 aromatic heterocycles. The minimum atomic E-state index is -0.280. The fourth-order valence-corrected chi connectivity index (χ4v) is 2.34. The normalized spacial score (nSPS) is 10.4. The van der Waals surface area contributed by atoms with Gasteiger partial charge in [-0.15, -0.1) is 0 Å². The molecule has 0 fully saturated rings. The van der Waals surface area contributed by atoms with Crippen LogP contribution in [0.1, 0.15) is 10.4 Å². The first-order valence-electron chi connectivity index (χ1n) is 7.30. The summed E-state index contributed by atoms with van der Waals surface area (Å²) in [6.45, 7) is 0. The van der Waals surface area contributed by atoms with Gasteiger partial charge >= 0.3 is 0 Å². The number of halogens is 1. The van der Waals surface area contributed by atoms with E-state index in [1.54, 1.807) is 47.4 Å². The van der Waals surface area contributed by atoms with Crippen LogP contribution in [-0.4, -0.2) is 34.9 Å². The molecule has 0 unspecified atom stereocenters. The van der Waals surface area contributed by atoms with Crippen LogP contribution in [0.4, 0.5) is 5.69 Å². The lowest BCUT2D eigenvalue weighted by Crippen LogP contribution is -2.12. The number of aromatic nitrogens is 3. The summed E-state index contributed by atoms with van der Waals surface area (Å²) in [5.74, 6) is 1.36. The standard InChI is InChI=1S/C17H15ClN4O3/c1-24-14-5-3-11(7-15(14)25-2)17(23)21-13-4-6-16(19-9-13)22-10-12(18)8-20-22/h3-10H,1-2H3,(H,21,23). The van der Waals surface area contributed by atoms with Gasteiger partial charge in [-0.2, -0.15) is 5.10 Å². The molecule has 25 heavy (non-hydrogen) atoms. The van der Waals surface area contributed by atoms with E-state index in [0.29, 0.717) is 33.6 Å². The second-order valence-electron chi connectivity index (χ2n) is 5.03. The van der Waals surface area contributed by atoms with Crippen LogP contribution < -0.4 is 14.8 Å². The largest absolute Gasteiger partial charge is 0.493 e.